The van der Waals surface area contributed by atoms with Crippen molar-refractivity contribution in [2.75, 3.05) is 0 Å². The number of ketones is 1. The standard InChI is InChI=1S/C14H12N2O3/c1-10(17)13(11-2-6-15-7-3-11)14(18)19-12-4-8-16-9-5-12/h2-9,13H,1H3. The van der Waals surface area contributed by atoms with Crippen LogP contribution in [0.5, 0.6) is 5.75 Å². The van der Waals surface area contributed by atoms with Crippen LogP contribution in [0.25, 0.3) is 0 Å². The van der Waals surface area contributed by atoms with E-state index < -0.39 is 11.9 Å². The molecule has 0 radical (unpaired) electrons. The predicted molar refractivity (Wildman–Crippen MR) is 67.5 cm³/mol. The fourth-order valence-corrected chi connectivity index (χ4v) is 1.67. The molecule has 0 aliphatic heterocycles. The molecule has 0 aliphatic rings. The summed E-state index contributed by atoms with van der Waals surface area (Å²) in [6.07, 6.45) is 6.09. The first kappa shape index (κ1) is 12.9. The molecule has 0 fully saturated rings. The zero-order valence-corrected chi connectivity index (χ0v) is 10.3. The van der Waals surface area contributed by atoms with E-state index in [1.54, 1.807) is 24.3 Å². The van der Waals surface area contributed by atoms with E-state index in [4.69, 9.17) is 4.74 Å². The number of esters is 1. The van der Waals surface area contributed by atoms with Gasteiger partial charge in [-0.1, -0.05) is 0 Å². The summed E-state index contributed by atoms with van der Waals surface area (Å²) in [6, 6.07) is 6.36. The Morgan fingerprint density at radius 1 is 1.00 bits per heavy atom. The molecular formula is C14H12N2O3. The molecule has 2 aromatic heterocycles. The Morgan fingerprint density at radius 3 is 2.05 bits per heavy atom. The van der Waals surface area contributed by atoms with Crippen molar-refractivity contribution in [2.24, 2.45) is 0 Å². The van der Waals surface area contributed by atoms with Gasteiger partial charge in [-0.05, 0) is 36.8 Å². The van der Waals surface area contributed by atoms with Crippen LogP contribution in [-0.2, 0) is 9.59 Å². The van der Waals surface area contributed by atoms with Crippen LogP contribution in [0, 0.1) is 0 Å². The molecular weight excluding hydrogens is 244 g/mol. The molecule has 0 saturated heterocycles. The number of rotatable bonds is 4. The number of pyridine rings is 2. The smallest absolute Gasteiger partial charge is 0.326 e. The van der Waals surface area contributed by atoms with Crippen molar-refractivity contribution < 1.29 is 14.3 Å². The number of ether oxygens (including phenoxy) is 1. The Labute approximate surface area is 110 Å². The molecule has 0 N–H and O–H groups in total. The number of hydrogen-bond donors (Lipinski definition) is 0. The highest BCUT2D eigenvalue weighted by Gasteiger charge is 2.27. The molecule has 0 aromatic carbocycles. The van der Waals surface area contributed by atoms with E-state index in [-0.39, 0.29) is 5.78 Å². The Hall–Kier alpha value is -2.56. The molecule has 5 nitrogen and oxygen atoms in total. The molecule has 2 rings (SSSR count). The number of Topliss-reactive ketones (excluding diaryl/α,β-unsaturated/α-hetero) is 1. The fourth-order valence-electron chi connectivity index (χ4n) is 1.67. The highest BCUT2D eigenvalue weighted by Crippen LogP contribution is 2.19. The Morgan fingerprint density at radius 2 is 1.53 bits per heavy atom. The molecule has 19 heavy (non-hydrogen) atoms. The van der Waals surface area contributed by atoms with Gasteiger partial charge in [0, 0.05) is 24.8 Å². The minimum absolute atomic E-state index is 0.273. The maximum Gasteiger partial charge on any atom is 0.326 e. The van der Waals surface area contributed by atoms with Gasteiger partial charge in [0.25, 0.3) is 0 Å². The van der Waals surface area contributed by atoms with Crippen LogP contribution >= 0.6 is 0 Å². The van der Waals surface area contributed by atoms with Gasteiger partial charge in [-0.3, -0.25) is 19.6 Å². The lowest BCUT2D eigenvalue weighted by Gasteiger charge is -2.12. The molecule has 5 heteroatoms. The van der Waals surface area contributed by atoms with Gasteiger partial charge in [-0.25, -0.2) is 0 Å². The summed E-state index contributed by atoms with van der Waals surface area (Å²) in [4.78, 5) is 31.4. The average Bonchev–Trinajstić information content (AvgIpc) is 2.40. The molecule has 1 atom stereocenters. The lowest BCUT2D eigenvalue weighted by Crippen LogP contribution is -2.24. The van der Waals surface area contributed by atoms with E-state index >= 15 is 0 Å². The van der Waals surface area contributed by atoms with Crippen molar-refractivity contribution in [3.8, 4) is 5.75 Å². The van der Waals surface area contributed by atoms with Crippen LogP contribution in [0.3, 0.4) is 0 Å². The first-order chi connectivity index (χ1) is 9.18. The number of carbonyl (C=O) groups excluding carboxylic acids is 2. The second kappa shape index (κ2) is 5.86. The third-order valence-electron chi connectivity index (χ3n) is 2.55. The second-order valence-electron chi connectivity index (χ2n) is 3.93. The number of aromatic nitrogens is 2. The lowest BCUT2D eigenvalue weighted by atomic mass is 9.97. The van der Waals surface area contributed by atoms with E-state index in [2.05, 4.69) is 9.97 Å². The Balaban J connectivity index is 2.21. The quantitative estimate of drug-likeness (QED) is 0.615. The second-order valence-corrected chi connectivity index (χ2v) is 3.93. The van der Waals surface area contributed by atoms with Crippen LogP contribution < -0.4 is 4.74 Å². The molecule has 0 amide bonds. The summed E-state index contributed by atoms with van der Waals surface area (Å²) in [5, 5.41) is 0. The highest BCUT2D eigenvalue weighted by atomic mass is 16.5. The molecule has 0 aliphatic carbocycles. The number of nitrogens with zero attached hydrogens (tertiary/aromatic N) is 2. The predicted octanol–water partition coefficient (Wildman–Crippen LogP) is 1.75. The van der Waals surface area contributed by atoms with E-state index in [9.17, 15) is 9.59 Å². The minimum atomic E-state index is -0.934. The summed E-state index contributed by atoms with van der Waals surface area (Å²) in [6.45, 7) is 1.36. The average molecular weight is 256 g/mol. The molecule has 96 valence electrons. The van der Waals surface area contributed by atoms with Crippen LogP contribution in [0.1, 0.15) is 18.4 Å². The zero-order chi connectivity index (χ0) is 13.7. The van der Waals surface area contributed by atoms with Gasteiger partial charge < -0.3 is 4.74 Å². The molecule has 0 spiro atoms. The molecule has 0 bridgehead atoms. The number of hydrogen-bond acceptors (Lipinski definition) is 5. The SMILES string of the molecule is CC(=O)C(C(=O)Oc1ccncc1)c1ccncc1. The van der Waals surface area contributed by atoms with Gasteiger partial charge in [-0.15, -0.1) is 0 Å². The first-order valence-electron chi connectivity index (χ1n) is 5.70. The molecule has 2 aromatic rings. The third kappa shape index (κ3) is 3.22. The van der Waals surface area contributed by atoms with Crippen molar-refractivity contribution in [3.63, 3.8) is 0 Å². The highest BCUT2D eigenvalue weighted by molar-refractivity contribution is 6.04. The van der Waals surface area contributed by atoms with Gasteiger partial charge in [0.15, 0.2) is 0 Å². The fraction of sp³-hybridized carbons (Fsp3) is 0.143. The van der Waals surface area contributed by atoms with Crippen molar-refractivity contribution in [1.82, 2.24) is 9.97 Å². The molecule has 2 heterocycles. The van der Waals surface area contributed by atoms with Crippen LogP contribution in [-0.4, -0.2) is 21.7 Å². The Bertz CT molecular complexity index is 570. The van der Waals surface area contributed by atoms with Gasteiger partial charge in [0.1, 0.15) is 17.5 Å². The summed E-state index contributed by atoms with van der Waals surface area (Å²) in [5.74, 6) is -1.45. The van der Waals surface area contributed by atoms with E-state index in [1.165, 1.54) is 31.7 Å². The zero-order valence-electron chi connectivity index (χ0n) is 10.3. The molecule has 0 saturated carbocycles. The van der Waals surface area contributed by atoms with Gasteiger partial charge in [-0.2, -0.15) is 0 Å². The van der Waals surface area contributed by atoms with Crippen molar-refractivity contribution in [1.29, 1.82) is 0 Å². The van der Waals surface area contributed by atoms with E-state index in [1.807, 2.05) is 0 Å². The number of carbonyl (C=O) groups is 2. The largest absolute Gasteiger partial charge is 0.426 e. The van der Waals surface area contributed by atoms with Crippen LogP contribution in [0.4, 0.5) is 0 Å². The maximum absolute atomic E-state index is 12.1. The van der Waals surface area contributed by atoms with Gasteiger partial charge in [0.2, 0.25) is 0 Å². The summed E-state index contributed by atoms with van der Waals surface area (Å²) in [7, 11) is 0. The Kier molecular flexibility index (Phi) is 3.97. The van der Waals surface area contributed by atoms with Gasteiger partial charge >= 0.3 is 5.97 Å². The topological polar surface area (TPSA) is 69.2 Å². The van der Waals surface area contributed by atoms with Crippen LogP contribution in [0.2, 0.25) is 0 Å². The van der Waals surface area contributed by atoms with Crippen molar-refractivity contribution in [3.05, 3.63) is 54.6 Å². The van der Waals surface area contributed by atoms with Gasteiger partial charge in [0.05, 0.1) is 0 Å². The summed E-state index contributed by atoms with van der Waals surface area (Å²) in [5.41, 5.74) is 0.571. The summed E-state index contributed by atoms with van der Waals surface area (Å²) >= 11 is 0. The summed E-state index contributed by atoms with van der Waals surface area (Å²) < 4.78 is 5.17. The normalized spacial score (nSPS) is 11.6. The third-order valence-corrected chi connectivity index (χ3v) is 2.55. The van der Waals surface area contributed by atoms with E-state index in [0.29, 0.717) is 11.3 Å². The lowest BCUT2D eigenvalue weighted by molar-refractivity contribution is -0.139. The van der Waals surface area contributed by atoms with E-state index in [0.717, 1.165) is 0 Å². The van der Waals surface area contributed by atoms with Crippen LogP contribution in [0.15, 0.2) is 49.1 Å². The first-order valence-corrected chi connectivity index (χ1v) is 5.70. The minimum Gasteiger partial charge on any atom is -0.426 e. The van der Waals surface area contributed by atoms with Crippen molar-refractivity contribution in [2.45, 2.75) is 12.8 Å². The van der Waals surface area contributed by atoms with Crippen molar-refractivity contribution >= 4 is 11.8 Å². The maximum atomic E-state index is 12.1. The monoisotopic (exact) mass is 256 g/mol. The molecule has 1 unspecified atom stereocenters.